The monoisotopic (exact) mass is 235 g/mol. The van der Waals surface area contributed by atoms with Gasteiger partial charge < -0.3 is 0 Å². The summed E-state index contributed by atoms with van der Waals surface area (Å²) in [6.07, 6.45) is 7.43. The van der Waals surface area contributed by atoms with Gasteiger partial charge in [-0.15, -0.1) is 0 Å². The molecule has 1 aliphatic rings. The van der Waals surface area contributed by atoms with E-state index in [0.29, 0.717) is 5.16 Å². The molecule has 2 heteroatoms. The van der Waals surface area contributed by atoms with Crippen molar-refractivity contribution < 1.29 is 0 Å². The smallest absolute Gasteiger partial charge is 0.0409 e. The fourth-order valence-corrected chi connectivity index (χ4v) is 6.25. The van der Waals surface area contributed by atoms with Crippen LogP contribution in [0.25, 0.3) is 0 Å². The van der Waals surface area contributed by atoms with Crippen LogP contribution in [0.2, 0.25) is 0 Å². The molecule has 0 saturated carbocycles. The van der Waals surface area contributed by atoms with Gasteiger partial charge in [-0.05, 0) is 48.4 Å². The Labute approximate surface area is 100 Å². The van der Waals surface area contributed by atoms with Gasteiger partial charge in [-0.2, -0.15) is 0 Å². The molecule has 16 heavy (non-hydrogen) atoms. The molecule has 88 valence electrons. The molecule has 0 spiro atoms. The molecule has 2 atom stereocenters. The zero-order chi connectivity index (χ0) is 11.6. The summed E-state index contributed by atoms with van der Waals surface area (Å²) in [6.45, 7) is 7.24. The van der Waals surface area contributed by atoms with Crippen LogP contribution in [-0.2, 0) is 6.42 Å². The SMILES string of the molecule is CC(C)(C)[P@]1CCC[C@@H]1Cc1ccccn1. The normalized spacial score (nSPS) is 25.9. The Morgan fingerprint density at radius 3 is 2.81 bits per heavy atom. The van der Waals surface area contributed by atoms with Crippen molar-refractivity contribution in [2.45, 2.75) is 50.8 Å². The summed E-state index contributed by atoms with van der Waals surface area (Å²) in [5.74, 6) is 0. The Morgan fingerprint density at radius 1 is 1.38 bits per heavy atom. The van der Waals surface area contributed by atoms with E-state index in [1.807, 2.05) is 12.3 Å². The van der Waals surface area contributed by atoms with E-state index in [2.05, 4.69) is 37.9 Å². The van der Waals surface area contributed by atoms with E-state index in [4.69, 9.17) is 0 Å². The highest BCUT2D eigenvalue weighted by atomic mass is 31.1. The first kappa shape index (κ1) is 12.0. The molecule has 0 aromatic carbocycles. The maximum absolute atomic E-state index is 4.47. The summed E-state index contributed by atoms with van der Waals surface area (Å²) in [5, 5.41) is 0.519. The van der Waals surface area contributed by atoms with E-state index in [1.165, 1.54) is 31.1 Å². The molecule has 0 N–H and O–H groups in total. The molecule has 1 saturated heterocycles. The topological polar surface area (TPSA) is 12.9 Å². The first-order chi connectivity index (χ1) is 7.57. The lowest BCUT2D eigenvalue weighted by atomic mass is 10.1. The van der Waals surface area contributed by atoms with Gasteiger partial charge in [0.25, 0.3) is 0 Å². The second-order valence-corrected chi connectivity index (χ2v) is 9.14. The summed E-state index contributed by atoms with van der Waals surface area (Å²) >= 11 is 0. The fourth-order valence-electron chi connectivity index (χ4n) is 2.69. The maximum atomic E-state index is 4.47. The molecule has 1 aromatic heterocycles. The van der Waals surface area contributed by atoms with Crippen molar-refractivity contribution in [3.05, 3.63) is 30.1 Å². The van der Waals surface area contributed by atoms with Crippen LogP contribution < -0.4 is 0 Å². The Bertz CT molecular complexity index is 328. The maximum Gasteiger partial charge on any atom is 0.0409 e. The third-order valence-corrected chi connectivity index (χ3v) is 7.25. The van der Waals surface area contributed by atoms with Crippen LogP contribution in [-0.4, -0.2) is 22.0 Å². The van der Waals surface area contributed by atoms with E-state index >= 15 is 0 Å². The Hall–Kier alpha value is -0.420. The number of hydrogen-bond donors (Lipinski definition) is 0. The standard InChI is InChI=1S/C14H22NP/c1-14(2,3)16-10-6-8-13(16)11-12-7-4-5-9-15-12/h4-5,7,9,13H,6,8,10-11H2,1-3H3/t13-,16-/m1/s1. The molecule has 1 fully saturated rings. The Balaban J connectivity index is 2.05. The summed E-state index contributed by atoms with van der Waals surface area (Å²) in [6, 6.07) is 6.29. The van der Waals surface area contributed by atoms with Crippen molar-refractivity contribution in [1.82, 2.24) is 4.98 Å². The summed E-state index contributed by atoms with van der Waals surface area (Å²) in [4.78, 5) is 4.47. The minimum Gasteiger partial charge on any atom is -0.261 e. The molecule has 1 aliphatic heterocycles. The lowest BCUT2D eigenvalue weighted by Crippen LogP contribution is -2.19. The highest BCUT2D eigenvalue weighted by Crippen LogP contribution is 2.59. The van der Waals surface area contributed by atoms with Crippen molar-refractivity contribution >= 4 is 7.92 Å². The summed E-state index contributed by atoms with van der Waals surface area (Å²) < 4.78 is 0. The summed E-state index contributed by atoms with van der Waals surface area (Å²) in [7, 11) is 0.187. The Kier molecular flexibility index (Phi) is 3.64. The van der Waals surface area contributed by atoms with Crippen LogP contribution >= 0.6 is 7.92 Å². The zero-order valence-corrected chi connectivity index (χ0v) is 11.5. The quantitative estimate of drug-likeness (QED) is 0.704. The fraction of sp³-hybridized carbons (Fsp3) is 0.643. The predicted molar refractivity (Wildman–Crippen MR) is 72.5 cm³/mol. The van der Waals surface area contributed by atoms with Crippen LogP contribution in [0, 0.1) is 0 Å². The molecule has 2 heterocycles. The van der Waals surface area contributed by atoms with E-state index in [-0.39, 0.29) is 7.92 Å². The van der Waals surface area contributed by atoms with Crippen molar-refractivity contribution in [2.75, 3.05) is 6.16 Å². The van der Waals surface area contributed by atoms with Crippen molar-refractivity contribution in [1.29, 1.82) is 0 Å². The van der Waals surface area contributed by atoms with Gasteiger partial charge >= 0.3 is 0 Å². The second kappa shape index (κ2) is 4.84. The van der Waals surface area contributed by atoms with E-state index in [0.717, 1.165) is 5.66 Å². The van der Waals surface area contributed by atoms with Crippen LogP contribution in [0.3, 0.4) is 0 Å². The third-order valence-electron chi connectivity index (χ3n) is 3.41. The number of pyridine rings is 1. The highest BCUT2D eigenvalue weighted by Gasteiger charge is 2.35. The highest BCUT2D eigenvalue weighted by molar-refractivity contribution is 7.60. The lowest BCUT2D eigenvalue weighted by Gasteiger charge is -2.33. The first-order valence-corrected chi connectivity index (χ1v) is 7.83. The molecule has 0 aliphatic carbocycles. The number of nitrogens with zero attached hydrogens (tertiary/aromatic N) is 1. The van der Waals surface area contributed by atoms with E-state index < -0.39 is 0 Å². The van der Waals surface area contributed by atoms with Crippen LogP contribution in [0.15, 0.2) is 24.4 Å². The third kappa shape index (κ3) is 2.83. The van der Waals surface area contributed by atoms with Crippen LogP contribution in [0.5, 0.6) is 0 Å². The number of hydrogen-bond acceptors (Lipinski definition) is 1. The van der Waals surface area contributed by atoms with Crippen molar-refractivity contribution in [3.8, 4) is 0 Å². The second-order valence-electron chi connectivity index (χ2n) is 5.69. The minimum atomic E-state index is 0.187. The molecule has 2 rings (SSSR count). The summed E-state index contributed by atoms with van der Waals surface area (Å²) in [5.41, 5.74) is 2.19. The predicted octanol–water partition coefficient (Wildman–Crippen LogP) is 4.07. The number of rotatable bonds is 2. The molecule has 0 radical (unpaired) electrons. The van der Waals surface area contributed by atoms with Crippen molar-refractivity contribution in [3.63, 3.8) is 0 Å². The Morgan fingerprint density at radius 2 is 2.19 bits per heavy atom. The van der Waals surface area contributed by atoms with Gasteiger partial charge in [-0.25, -0.2) is 0 Å². The minimum absolute atomic E-state index is 0.187. The molecule has 1 nitrogen and oxygen atoms in total. The zero-order valence-electron chi connectivity index (χ0n) is 10.6. The van der Waals surface area contributed by atoms with E-state index in [9.17, 15) is 0 Å². The molecular weight excluding hydrogens is 213 g/mol. The largest absolute Gasteiger partial charge is 0.261 e. The molecular formula is C14H22NP. The lowest BCUT2D eigenvalue weighted by molar-refractivity contribution is 0.733. The van der Waals surface area contributed by atoms with Gasteiger partial charge in [0, 0.05) is 11.9 Å². The number of aromatic nitrogens is 1. The first-order valence-electron chi connectivity index (χ1n) is 6.24. The molecule has 0 unspecified atom stereocenters. The van der Waals surface area contributed by atoms with Crippen LogP contribution in [0.4, 0.5) is 0 Å². The van der Waals surface area contributed by atoms with Gasteiger partial charge in [0.2, 0.25) is 0 Å². The average molecular weight is 235 g/mol. The molecule has 0 bridgehead atoms. The van der Waals surface area contributed by atoms with Crippen LogP contribution in [0.1, 0.15) is 39.3 Å². The van der Waals surface area contributed by atoms with Gasteiger partial charge in [0.1, 0.15) is 0 Å². The van der Waals surface area contributed by atoms with Crippen molar-refractivity contribution in [2.24, 2.45) is 0 Å². The molecule has 1 aromatic rings. The van der Waals surface area contributed by atoms with Gasteiger partial charge in [0.15, 0.2) is 0 Å². The van der Waals surface area contributed by atoms with Gasteiger partial charge in [-0.1, -0.05) is 34.8 Å². The van der Waals surface area contributed by atoms with Gasteiger partial charge in [-0.3, -0.25) is 4.98 Å². The van der Waals surface area contributed by atoms with E-state index in [1.54, 1.807) is 0 Å². The molecule has 0 amide bonds. The van der Waals surface area contributed by atoms with Gasteiger partial charge in [0.05, 0.1) is 0 Å². The average Bonchev–Trinajstić information content (AvgIpc) is 2.67.